The molecule has 1 N–H and O–H groups in total. The molecule has 2 aromatic rings. The fourth-order valence-electron chi connectivity index (χ4n) is 0.919. The normalized spacial score (nSPS) is 9.67. The van der Waals surface area contributed by atoms with E-state index in [-0.39, 0.29) is 0 Å². The van der Waals surface area contributed by atoms with Crippen LogP contribution in [0.5, 0.6) is 11.5 Å². The molecular weight excluding hydrogens is 152 g/mol. The molecule has 0 atom stereocenters. The van der Waals surface area contributed by atoms with Crippen LogP contribution in [0.3, 0.4) is 0 Å². The highest BCUT2D eigenvalue weighted by Crippen LogP contribution is 2.18. The molecule has 1 aromatic heterocycles. The lowest BCUT2D eigenvalue weighted by Gasteiger charge is -1.99. The van der Waals surface area contributed by atoms with E-state index < -0.39 is 0 Å². The third kappa shape index (κ3) is 1.45. The van der Waals surface area contributed by atoms with Gasteiger partial charge in [-0.2, -0.15) is 5.10 Å². The highest BCUT2D eigenvalue weighted by molar-refractivity contribution is 5.27. The van der Waals surface area contributed by atoms with Crippen LogP contribution in [0.2, 0.25) is 0 Å². The lowest BCUT2D eigenvalue weighted by Crippen LogP contribution is -1.79. The second-order valence-electron chi connectivity index (χ2n) is 2.35. The number of para-hydroxylation sites is 1. The molecule has 0 unspecified atom stereocenters. The van der Waals surface area contributed by atoms with Crippen molar-refractivity contribution in [1.82, 2.24) is 10.2 Å². The summed E-state index contributed by atoms with van der Waals surface area (Å²) in [6.45, 7) is 0. The number of rotatable bonds is 2. The van der Waals surface area contributed by atoms with Crippen molar-refractivity contribution in [2.45, 2.75) is 0 Å². The third-order valence-electron chi connectivity index (χ3n) is 1.45. The number of hydrogen-bond donors (Lipinski definition) is 1. The van der Waals surface area contributed by atoms with Crippen LogP contribution in [0.1, 0.15) is 0 Å². The minimum atomic E-state index is 0.723. The van der Waals surface area contributed by atoms with Crippen molar-refractivity contribution in [2.24, 2.45) is 0 Å². The van der Waals surface area contributed by atoms with E-state index in [0.29, 0.717) is 0 Å². The molecule has 0 aliphatic rings. The van der Waals surface area contributed by atoms with Crippen molar-refractivity contribution in [2.75, 3.05) is 0 Å². The van der Waals surface area contributed by atoms with Gasteiger partial charge in [0.15, 0.2) is 5.75 Å². The highest BCUT2D eigenvalue weighted by Gasteiger charge is 1.94. The Morgan fingerprint density at radius 2 is 1.92 bits per heavy atom. The van der Waals surface area contributed by atoms with Gasteiger partial charge in [-0.25, -0.2) is 0 Å². The first-order chi connectivity index (χ1) is 5.95. The summed E-state index contributed by atoms with van der Waals surface area (Å²) in [5.41, 5.74) is 0. The van der Waals surface area contributed by atoms with E-state index in [9.17, 15) is 0 Å². The lowest BCUT2D eigenvalue weighted by molar-refractivity contribution is 0.483. The molecule has 1 heterocycles. The Hall–Kier alpha value is -1.77. The largest absolute Gasteiger partial charge is 0.454 e. The molecular formula is C9H8N2O. The van der Waals surface area contributed by atoms with Crippen molar-refractivity contribution in [3.8, 4) is 11.5 Å². The van der Waals surface area contributed by atoms with E-state index in [4.69, 9.17) is 4.74 Å². The summed E-state index contributed by atoms with van der Waals surface area (Å²) in [6, 6.07) is 9.59. The van der Waals surface area contributed by atoms with Gasteiger partial charge in [0.25, 0.3) is 0 Å². The number of ether oxygens (including phenoxy) is 1. The van der Waals surface area contributed by atoms with Crippen LogP contribution >= 0.6 is 0 Å². The fraction of sp³-hybridized carbons (Fsp3) is 0. The topological polar surface area (TPSA) is 37.9 Å². The van der Waals surface area contributed by atoms with Gasteiger partial charge in [0.05, 0.1) is 12.4 Å². The Balaban J connectivity index is 2.15. The van der Waals surface area contributed by atoms with Gasteiger partial charge in [0.2, 0.25) is 0 Å². The Morgan fingerprint density at radius 1 is 1.08 bits per heavy atom. The first-order valence-electron chi connectivity index (χ1n) is 3.67. The second kappa shape index (κ2) is 3.09. The highest BCUT2D eigenvalue weighted by atomic mass is 16.5. The van der Waals surface area contributed by atoms with E-state index in [1.807, 2.05) is 30.3 Å². The summed E-state index contributed by atoms with van der Waals surface area (Å²) in [6.07, 6.45) is 3.33. The smallest absolute Gasteiger partial charge is 0.165 e. The summed E-state index contributed by atoms with van der Waals surface area (Å²) in [4.78, 5) is 0. The zero-order valence-electron chi connectivity index (χ0n) is 6.40. The minimum Gasteiger partial charge on any atom is -0.454 e. The van der Waals surface area contributed by atoms with Gasteiger partial charge in [-0.3, -0.25) is 5.10 Å². The molecule has 3 heteroatoms. The molecule has 2 rings (SSSR count). The molecule has 0 aliphatic carbocycles. The first kappa shape index (κ1) is 6.91. The van der Waals surface area contributed by atoms with E-state index >= 15 is 0 Å². The van der Waals surface area contributed by atoms with Crippen molar-refractivity contribution < 1.29 is 4.74 Å². The lowest BCUT2D eigenvalue weighted by atomic mass is 10.3. The van der Waals surface area contributed by atoms with Gasteiger partial charge in [-0.1, -0.05) is 18.2 Å². The van der Waals surface area contributed by atoms with Gasteiger partial charge in [0.1, 0.15) is 5.75 Å². The minimum absolute atomic E-state index is 0.723. The van der Waals surface area contributed by atoms with Gasteiger partial charge >= 0.3 is 0 Å². The Morgan fingerprint density at radius 3 is 2.58 bits per heavy atom. The zero-order valence-corrected chi connectivity index (χ0v) is 6.40. The fourth-order valence-corrected chi connectivity index (χ4v) is 0.919. The predicted octanol–water partition coefficient (Wildman–Crippen LogP) is 2.20. The molecule has 0 saturated heterocycles. The second-order valence-corrected chi connectivity index (χ2v) is 2.35. The number of H-pyrrole nitrogens is 1. The van der Waals surface area contributed by atoms with Crippen LogP contribution in [0.4, 0.5) is 0 Å². The summed E-state index contributed by atoms with van der Waals surface area (Å²) < 4.78 is 5.42. The third-order valence-corrected chi connectivity index (χ3v) is 1.45. The molecule has 3 nitrogen and oxygen atoms in total. The van der Waals surface area contributed by atoms with Crippen LogP contribution in [-0.2, 0) is 0 Å². The van der Waals surface area contributed by atoms with E-state index in [0.717, 1.165) is 11.5 Å². The quantitative estimate of drug-likeness (QED) is 0.731. The van der Waals surface area contributed by atoms with Crippen molar-refractivity contribution in [3.63, 3.8) is 0 Å². The molecule has 0 aliphatic heterocycles. The van der Waals surface area contributed by atoms with Crippen molar-refractivity contribution in [3.05, 3.63) is 42.7 Å². The molecule has 0 spiro atoms. The van der Waals surface area contributed by atoms with Gasteiger partial charge in [-0.05, 0) is 12.1 Å². The van der Waals surface area contributed by atoms with E-state index in [1.165, 1.54) is 0 Å². The van der Waals surface area contributed by atoms with Crippen molar-refractivity contribution >= 4 is 0 Å². The van der Waals surface area contributed by atoms with E-state index in [2.05, 4.69) is 10.2 Å². The van der Waals surface area contributed by atoms with E-state index in [1.54, 1.807) is 12.4 Å². The van der Waals surface area contributed by atoms with Gasteiger partial charge in [0, 0.05) is 0 Å². The number of nitrogens with zero attached hydrogens (tertiary/aromatic N) is 1. The maximum absolute atomic E-state index is 5.42. The predicted molar refractivity (Wildman–Crippen MR) is 45.1 cm³/mol. The molecule has 0 amide bonds. The molecule has 12 heavy (non-hydrogen) atoms. The van der Waals surface area contributed by atoms with Gasteiger partial charge < -0.3 is 4.74 Å². The van der Waals surface area contributed by atoms with Crippen LogP contribution in [0, 0.1) is 0 Å². The van der Waals surface area contributed by atoms with Gasteiger partial charge in [-0.15, -0.1) is 0 Å². The first-order valence-corrected chi connectivity index (χ1v) is 3.67. The molecule has 0 bridgehead atoms. The average molecular weight is 160 g/mol. The van der Waals surface area contributed by atoms with Crippen LogP contribution < -0.4 is 4.74 Å². The summed E-state index contributed by atoms with van der Waals surface area (Å²) in [5.74, 6) is 1.54. The molecule has 0 saturated carbocycles. The van der Waals surface area contributed by atoms with Crippen LogP contribution in [-0.4, -0.2) is 10.2 Å². The standard InChI is InChI=1S/C9H8N2O/c1-2-4-8(5-3-1)12-9-6-10-11-7-9/h1-7H,(H,10,11). The Kier molecular flexibility index (Phi) is 1.78. The molecule has 60 valence electrons. The number of nitrogens with one attached hydrogen (secondary N) is 1. The SMILES string of the molecule is c1ccc(Oc2cn[nH]c2)cc1. The molecule has 0 fully saturated rings. The zero-order chi connectivity index (χ0) is 8.23. The van der Waals surface area contributed by atoms with Crippen molar-refractivity contribution in [1.29, 1.82) is 0 Å². The monoisotopic (exact) mass is 160 g/mol. The maximum atomic E-state index is 5.42. The maximum Gasteiger partial charge on any atom is 0.165 e. The van der Waals surface area contributed by atoms with Crippen LogP contribution in [0.15, 0.2) is 42.7 Å². The number of aromatic amines is 1. The number of benzene rings is 1. The summed E-state index contributed by atoms with van der Waals surface area (Å²) >= 11 is 0. The Labute approximate surface area is 70.0 Å². The summed E-state index contributed by atoms with van der Waals surface area (Å²) in [7, 11) is 0. The number of hydrogen-bond acceptors (Lipinski definition) is 2. The number of aromatic nitrogens is 2. The Bertz CT molecular complexity index is 329. The molecule has 1 aromatic carbocycles. The summed E-state index contributed by atoms with van der Waals surface area (Å²) in [5, 5.41) is 6.44. The average Bonchev–Trinajstić information content (AvgIpc) is 2.59. The van der Waals surface area contributed by atoms with Crippen LogP contribution in [0.25, 0.3) is 0 Å². The molecule has 0 radical (unpaired) electrons.